The Hall–Kier alpha value is -1.20. The van der Waals surface area contributed by atoms with E-state index in [1.54, 1.807) is 11.3 Å². The number of rotatable bonds is 4. The average Bonchev–Trinajstić information content (AvgIpc) is 2.81. The minimum atomic E-state index is -0.871. The topological polar surface area (TPSA) is 50.2 Å². The van der Waals surface area contributed by atoms with Gasteiger partial charge in [0.1, 0.15) is 9.88 Å². The molecule has 0 unspecified atom stereocenters. The highest BCUT2D eigenvalue weighted by atomic mass is 32.1. The highest BCUT2D eigenvalue weighted by Gasteiger charge is 2.20. The number of aromatic nitrogens is 1. The molecule has 0 amide bonds. The van der Waals surface area contributed by atoms with E-state index in [4.69, 9.17) is 0 Å². The molecule has 0 aliphatic carbocycles. The summed E-state index contributed by atoms with van der Waals surface area (Å²) in [5, 5.41) is 10.1. The fraction of sp³-hybridized carbons (Fsp3) is 0.429. The number of nitrogens with zero attached hydrogens (tertiary/aromatic N) is 1. The second-order valence-electron chi connectivity index (χ2n) is 5.02. The Bertz CT molecular complexity index is 611. The first-order valence-corrected chi connectivity index (χ1v) is 7.82. The molecule has 3 nitrogen and oxygen atoms in total. The number of hydrogen-bond acceptors (Lipinski definition) is 4. The predicted octanol–water partition coefficient (Wildman–Crippen LogP) is 4.39. The molecule has 2 heterocycles. The Balaban J connectivity index is 2.48. The van der Waals surface area contributed by atoms with Crippen LogP contribution in [-0.4, -0.2) is 16.1 Å². The number of aryl methyl sites for hydroxylation is 2. The van der Waals surface area contributed by atoms with E-state index in [1.807, 2.05) is 0 Å². The van der Waals surface area contributed by atoms with Crippen molar-refractivity contribution in [1.29, 1.82) is 0 Å². The SMILES string of the molecule is Cc1cc(-c2nc(CC(C)C)c(C(=O)O)s2)c(C)s1. The molecular weight excluding hydrogens is 278 g/mol. The van der Waals surface area contributed by atoms with Gasteiger partial charge in [0.05, 0.1) is 5.69 Å². The lowest BCUT2D eigenvalue weighted by atomic mass is 10.1. The van der Waals surface area contributed by atoms with Crippen molar-refractivity contribution < 1.29 is 9.90 Å². The zero-order chi connectivity index (χ0) is 14.2. The van der Waals surface area contributed by atoms with Crippen LogP contribution in [0.2, 0.25) is 0 Å². The van der Waals surface area contributed by atoms with Crippen molar-refractivity contribution in [2.75, 3.05) is 0 Å². The molecule has 0 fully saturated rings. The molecule has 0 radical (unpaired) electrons. The van der Waals surface area contributed by atoms with Crippen LogP contribution in [0.15, 0.2) is 6.07 Å². The molecule has 0 aliphatic rings. The average molecular weight is 295 g/mol. The summed E-state index contributed by atoms with van der Waals surface area (Å²) >= 11 is 3.01. The van der Waals surface area contributed by atoms with Gasteiger partial charge in [0.25, 0.3) is 0 Å². The van der Waals surface area contributed by atoms with E-state index in [0.29, 0.717) is 22.9 Å². The van der Waals surface area contributed by atoms with Crippen molar-refractivity contribution in [3.63, 3.8) is 0 Å². The van der Waals surface area contributed by atoms with Crippen LogP contribution in [0.1, 0.15) is 39.0 Å². The van der Waals surface area contributed by atoms with Gasteiger partial charge in [-0.1, -0.05) is 13.8 Å². The summed E-state index contributed by atoms with van der Waals surface area (Å²) in [6.45, 7) is 8.26. The van der Waals surface area contributed by atoms with E-state index in [2.05, 4.69) is 38.7 Å². The quantitative estimate of drug-likeness (QED) is 0.910. The Morgan fingerprint density at radius 3 is 2.53 bits per heavy atom. The molecule has 2 aromatic heterocycles. The van der Waals surface area contributed by atoms with Gasteiger partial charge in [0.2, 0.25) is 0 Å². The van der Waals surface area contributed by atoms with Gasteiger partial charge < -0.3 is 5.11 Å². The third-order valence-corrected chi connectivity index (χ3v) is 4.85. The minimum absolute atomic E-state index is 0.381. The number of carbonyl (C=O) groups is 1. The van der Waals surface area contributed by atoms with Crippen molar-refractivity contribution in [2.24, 2.45) is 5.92 Å². The van der Waals surface area contributed by atoms with Crippen LogP contribution in [0.4, 0.5) is 0 Å². The smallest absolute Gasteiger partial charge is 0.347 e. The van der Waals surface area contributed by atoms with Crippen molar-refractivity contribution >= 4 is 28.6 Å². The second kappa shape index (κ2) is 5.43. The Morgan fingerprint density at radius 2 is 2.05 bits per heavy atom. The highest BCUT2D eigenvalue weighted by molar-refractivity contribution is 7.18. The first-order valence-electron chi connectivity index (χ1n) is 6.19. The molecular formula is C14H17NO2S2. The van der Waals surface area contributed by atoms with Crippen molar-refractivity contribution in [3.05, 3.63) is 26.4 Å². The largest absolute Gasteiger partial charge is 0.477 e. The summed E-state index contributed by atoms with van der Waals surface area (Å²) in [5.41, 5.74) is 1.79. The molecule has 0 aromatic carbocycles. The summed E-state index contributed by atoms with van der Waals surface area (Å²) in [6.07, 6.45) is 0.709. The summed E-state index contributed by atoms with van der Waals surface area (Å²) in [7, 11) is 0. The Morgan fingerprint density at radius 1 is 1.37 bits per heavy atom. The van der Waals surface area contributed by atoms with Gasteiger partial charge in [-0.3, -0.25) is 0 Å². The standard InChI is InChI=1S/C14H17NO2S2/c1-7(2)5-11-12(14(16)17)19-13(15-11)10-6-8(3)18-9(10)4/h6-7H,5H2,1-4H3,(H,16,17). The van der Waals surface area contributed by atoms with Crippen LogP contribution in [0, 0.1) is 19.8 Å². The normalized spacial score (nSPS) is 11.2. The van der Waals surface area contributed by atoms with Gasteiger partial charge in [-0.15, -0.1) is 22.7 Å². The van der Waals surface area contributed by atoms with Crippen LogP contribution < -0.4 is 0 Å². The number of thiophene rings is 1. The second-order valence-corrected chi connectivity index (χ2v) is 7.48. The third-order valence-electron chi connectivity index (χ3n) is 2.76. The molecule has 0 spiro atoms. The molecule has 2 aromatic rings. The molecule has 102 valence electrons. The van der Waals surface area contributed by atoms with Gasteiger partial charge >= 0.3 is 5.97 Å². The monoisotopic (exact) mass is 295 g/mol. The first-order chi connectivity index (χ1) is 8.88. The number of hydrogen-bond donors (Lipinski definition) is 1. The fourth-order valence-electron chi connectivity index (χ4n) is 2.00. The molecule has 0 atom stereocenters. The number of carboxylic acid groups (broad SMARTS) is 1. The van der Waals surface area contributed by atoms with E-state index in [-0.39, 0.29) is 0 Å². The maximum atomic E-state index is 11.3. The zero-order valence-corrected chi connectivity index (χ0v) is 13.1. The van der Waals surface area contributed by atoms with E-state index in [1.165, 1.54) is 21.1 Å². The van der Waals surface area contributed by atoms with Gasteiger partial charge in [-0.25, -0.2) is 9.78 Å². The van der Waals surface area contributed by atoms with Crippen LogP contribution in [0.5, 0.6) is 0 Å². The maximum Gasteiger partial charge on any atom is 0.347 e. The van der Waals surface area contributed by atoms with Crippen LogP contribution in [-0.2, 0) is 6.42 Å². The molecule has 0 bridgehead atoms. The third kappa shape index (κ3) is 3.04. The maximum absolute atomic E-state index is 11.3. The van der Waals surface area contributed by atoms with Crippen molar-refractivity contribution in [2.45, 2.75) is 34.1 Å². The van der Waals surface area contributed by atoms with E-state index in [0.717, 1.165) is 10.6 Å². The number of aromatic carboxylic acids is 1. The molecule has 0 saturated carbocycles. The minimum Gasteiger partial charge on any atom is -0.477 e. The lowest BCUT2D eigenvalue weighted by Gasteiger charge is -2.01. The van der Waals surface area contributed by atoms with Crippen LogP contribution in [0.25, 0.3) is 10.6 Å². The van der Waals surface area contributed by atoms with Gasteiger partial charge in [0.15, 0.2) is 0 Å². The molecule has 2 rings (SSSR count). The summed E-state index contributed by atoms with van der Waals surface area (Å²) in [4.78, 5) is 18.7. The first kappa shape index (κ1) is 14.2. The van der Waals surface area contributed by atoms with E-state index >= 15 is 0 Å². The molecule has 0 aliphatic heterocycles. The zero-order valence-electron chi connectivity index (χ0n) is 11.5. The van der Waals surface area contributed by atoms with E-state index in [9.17, 15) is 9.90 Å². The fourth-order valence-corrected chi connectivity index (χ4v) is 4.00. The van der Waals surface area contributed by atoms with Crippen LogP contribution in [0.3, 0.4) is 0 Å². The lowest BCUT2D eigenvalue weighted by molar-refractivity contribution is 0.0700. The summed E-state index contributed by atoms with van der Waals surface area (Å²) in [5.74, 6) is -0.470. The van der Waals surface area contributed by atoms with Crippen molar-refractivity contribution in [3.8, 4) is 10.6 Å². The van der Waals surface area contributed by atoms with Gasteiger partial charge in [-0.05, 0) is 32.3 Å². The Labute approximate surface area is 120 Å². The molecule has 5 heteroatoms. The predicted molar refractivity (Wildman–Crippen MR) is 80.4 cm³/mol. The highest BCUT2D eigenvalue weighted by Crippen LogP contribution is 2.35. The number of thiazole rings is 1. The summed E-state index contributed by atoms with van der Waals surface area (Å²) in [6, 6.07) is 2.09. The number of carboxylic acids is 1. The van der Waals surface area contributed by atoms with Gasteiger partial charge in [-0.2, -0.15) is 0 Å². The van der Waals surface area contributed by atoms with Gasteiger partial charge in [0, 0.05) is 15.3 Å². The molecule has 0 saturated heterocycles. The lowest BCUT2D eigenvalue weighted by Crippen LogP contribution is -2.02. The summed E-state index contributed by atoms with van der Waals surface area (Å²) < 4.78 is 0. The molecule has 1 N–H and O–H groups in total. The van der Waals surface area contributed by atoms with Crippen LogP contribution >= 0.6 is 22.7 Å². The van der Waals surface area contributed by atoms with E-state index < -0.39 is 5.97 Å². The van der Waals surface area contributed by atoms with Crippen molar-refractivity contribution in [1.82, 2.24) is 4.98 Å². The Kier molecular flexibility index (Phi) is 4.06. The molecule has 19 heavy (non-hydrogen) atoms.